The predicted molar refractivity (Wildman–Crippen MR) is 83.8 cm³/mol. The van der Waals surface area contributed by atoms with Gasteiger partial charge in [0.05, 0.1) is 13.7 Å². The normalized spacial score (nSPS) is 15.3. The van der Waals surface area contributed by atoms with Crippen LogP contribution in [0.25, 0.3) is 0 Å². The molecule has 1 amide bonds. The van der Waals surface area contributed by atoms with Crippen molar-refractivity contribution in [3.05, 3.63) is 28.8 Å². The average molecular weight is 312 g/mol. The lowest BCUT2D eigenvalue weighted by Crippen LogP contribution is -2.49. The quantitative estimate of drug-likeness (QED) is 0.888. The fourth-order valence-corrected chi connectivity index (χ4v) is 2.57. The summed E-state index contributed by atoms with van der Waals surface area (Å²) in [6.07, 6.45) is 0. The van der Waals surface area contributed by atoms with Crippen molar-refractivity contribution in [3.8, 4) is 5.75 Å². The molecule has 0 aromatic heterocycles. The van der Waals surface area contributed by atoms with Crippen molar-refractivity contribution in [2.45, 2.75) is 6.54 Å². The van der Waals surface area contributed by atoms with Crippen molar-refractivity contribution >= 4 is 17.5 Å². The monoisotopic (exact) mass is 311 g/mol. The van der Waals surface area contributed by atoms with Crippen molar-refractivity contribution in [1.29, 1.82) is 0 Å². The molecule has 21 heavy (non-hydrogen) atoms. The van der Waals surface area contributed by atoms with E-state index in [1.165, 1.54) is 0 Å². The molecule has 1 heterocycles. The molecule has 1 aromatic rings. The summed E-state index contributed by atoms with van der Waals surface area (Å²) in [7, 11) is 3.56. The van der Waals surface area contributed by atoms with Gasteiger partial charge in [-0.25, -0.2) is 0 Å². The summed E-state index contributed by atoms with van der Waals surface area (Å²) in [5, 5.41) is 3.94. The largest absolute Gasteiger partial charge is 0.497 e. The second-order valence-electron chi connectivity index (χ2n) is 5.26. The lowest BCUT2D eigenvalue weighted by Gasteiger charge is -2.29. The van der Waals surface area contributed by atoms with Gasteiger partial charge in [-0.3, -0.25) is 9.69 Å². The van der Waals surface area contributed by atoms with Gasteiger partial charge in [0, 0.05) is 37.7 Å². The molecule has 0 radical (unpaired) electrons. The highest BCUT2D eigenvalue weighted by atomic mass is 35.5. The highest BCUT2D eigenvalue weighted by molar-refractivity contribution is 6.31. The van der Waals surface area contributed by atoms with Gasteiger partial charge < -0.3 is 15.0 Å². The van der Waals surface area contributed by atoms with Crippen molar-refractivity contribution in [1.82, 2.24) is 15.1 Å². The van der Waals surface area contributed by atoms with Crippen LogP contribution in [0.3, 0.4) is 0 Å². The SMILES string of the molecule is COc1ccc(Cl)c(CN(C)CC(=O)N2CCNCC2)c1. The van der Waals surface area contributed by atoms with Crippen molar-refractivity contribution in [3.63, 3.8) is 0 Å². The van der Waals surface area contributed by atoms with Crippen LogP contribution in [0.4, 0.5) is 0 Å². The summed E-state index contributed by atoms with van der Waals surface area (Å²) in [6.45, 7) is 4.33. The minimum absolute atomic E-state index is 0.165. The molecule has 0 spiro atoms. The van der Waals surface area contributed by atoms with Crippen LogP contribution in [-0.2, 0) is 11.3 Å². The van der Waals surface area contributed by atoms with Crippen molar-refractivity contribution in [2.75, 3.05) is 46.9 Å². The number of ether oxygens (including phenoxy) is 1. The number of likely N-dealkylation sites (N-methyl/N-ethyl adjacent to an activating group) is 1. The summed E-state index contributed by atoms with van der Waals surface area (Å²) < 4.78 is 5.21. The standard InChI is InChI=1S/C15H22ClN3O2/c1-18(11-15(20)19-7-5-17-6-8-19)10-12-9-13(21-2)3-4-14(12)16/h3-4,9,17H,5-8,10-11H2,1-2H3. The van der Waals surface area contributed by atoms with Crippen LogP contribution in [0.2, 0.25) is 5.02 Å². The Morgan fingerprint density at radius 3 is 2.81 bits per heavy atom. The molecular weight excluding hydrogens is 290 g/mol. The Bertz CT molecular complexity index is 490. The van der Waals surface area contributed by atoms with E-state index in [4.69, 9.17) is 16.3 Å². The summed E-state index contributed by atoms with van der Waals surface area (Å²) in [4.78, 5) is 16.1. The molecule has 1 aliphatic heterocycles. The van der Waals surface area contributed by atoms with Crippen LogP contribution >= 0.6 is 11.6 Å². The lowest BCUT2D eigenvalue weighted by molar-refractivity contribution is -0.132. The Morgan fingerprint density at radius 1 is 1.43 bits per heavy atom. The van der Waals surface area contributed by atoms with Gasteiger partial charge in [0.1, 0.15) is 5.75 Å². The number of nitrogens with one attached hydrogen (secondary N) is 1. The molecule has 1 saturated heterocycles. The first-order valence-electron chi connectivity index (χ1n) is 7.09. The molecule has 0 unspecified atom stereocenters. The topological polar surface area (TPSA) is 44.8 Å². The number of methoxy groups -OCH3 is 1. The molecule has 116 valence electrons. The third-order valence-electron chi connectivity index (χ3n) is 3.57. The molecule has 1 fully saturated rings. The number of carbonyl (C=O) groups excluding carboxylic acids is 1. The van der Waals surface area contributed by atoms with E-state index in [2.05, 4.69) is 5.32 Å². The summed E-state index contributed by atoms with van der Waals surface area (Å²) >= 11 is 6.20. The van der Waals surface area contributed by atoms with E-state index in [1.807, 2.05) is 35.0 Å². The zero-order chi connectivity index (χ0) is 15.2. The van der Waals surface area contributed by atoms with Crippen molar-refractivity contribution < 1.29 is 9.53 Å². The Labute approximate surface area is 130 Å². The summed E-state index contributed by atoms with van der Waals surface area (Å²) in [6, 6.07) is 5.56. The fourth-order valence-electron chi connectivity index (χ4n) is 2.39. The molecule has 2 rings (SSSR count). The Hall–Kier alpha value is -1.30. The zero-order valence-corrected chi connectivity index (χ0v) is 13.3. The molecule has 1 aliphatic rings. The second kappa shape index (κ2) is 7.64. The van der Waals surface area contributed by atoms with Crippen LogP contribution < -0.4 is 10.1 Å². The first-order valence-corrected chi connectivity index (χ1v) is 7.47. The van der Waals surface area contributed by atoms with E-state index in [0.29, 0.717) is 18.1 Å². The van der Waals surface area contributed by atoms with E-state index in [1.54, 1.807) is 7.11 Å². The van der Waals surface area contributed by atoms with Gasteiger partial charge in [0.25, 0.3) is 0 Å². The first kappa shape index (κ1) is 16.1. The molecule has 1 aromatic carbocycles. The van der Waals surface area contributed by atoms with E-state index >= 15 is 0 Å². The van der Waals surface area contributed by atoms with Crippen molar-refractivity contribution in [2.24, 2.45) is 0 Å². The predicted octanol–water partition coefficient (Wildman–Crippen LogP) is 1.21. The van der Waals surface area contributed by atoms with Gasteiger partial charge in [-0.15, -0.1) is 0 Å². The molecule has 1 N–H and O–H groups in total. The average Bonchev–Trinajstić information content (AvgIpc) is 2.50. The number of piperazine rings is 1. The number of benzene rings is 1. The first-order chi connectivity index (χ1) is 10.1. The Balaban J connectivity index is 1.91. The van der Waals surface area contributed by atoms with Crippen LogP contribution in [0.1, 0.15) is 5.56 Å². The second-order valence-corrected chi connectivity index (χ2v) is 5.67. The smallest absolute Gasteiger partial charge is 0.236 e. The maximum absolute atomic E-state index is 12.2. The highest BCUT2D eigenvalue weighted by Gasteiger charge is 2.18. The molecule has 0 saturated carbocycles. The van der Waals surface area contributed by atoms with E-state index in [9.17, 15) is 4.79 Å². The van der Waals surface area contributed by atoms with Crippen LogP contribution in [0.5, 0.6) is 5.75 Å². The lowest BCUT2D eigenvalue weighted by atomic mass is 10.2. The zero-order valence-electron chi connectivity index (χ0n) is 12.6. The van der Waals surface area contributed by atoms with Gasteiger partial charge in [-0.2, -0.15) is 0 Å². The van der Waals surface area contributed by atoms with Crippen LogP contribution in [0, 0.1) is 0 Å². The molecule has 0 aliphatic carbocycles. The summed E-state index contributed by atoms with van der Waals surface area (Å²) in [5.41, 5.74) is 0.964. The molecule has 5 nitrogen and oxygen atoms in total. The highest BCUT2D eigenvalue weighted by Crippen LogP contribution is 2.23. The minimum Gasteiger partial charge on any atom is -0.497 e. The molecule has 6 heteroatoms. The Kier molecular flexibility index (Phi) is 5.85. The number of halogens is 1. The van der Waals surface area contributed by atoms with Gasteiger partial charge >= 0.3 is 0 Å². The number of hydrogen-bond acceptors (Lipinski definition) is 4. The van der Waals surface area contributed by atoms with Gasteiger partial charge in [0.15, 0.2) is 0 Å². The van der Waals surface area contributed by atoms with Gasteiger partial charge in [-0.1, -0.05) is 11.6 Å². The Morgan fingerprint density at radius 2 is 2.14 bits per heavy atom. The van der Waals surface area contributed by atoms with Crippen LogP contribution in [0.15, 0.2) is 18.2 Å². The number of rotatable bonds is 5. The van der Waals surface area contributed by atoms with Crippen LogP contribution in [-0.4, -0.2) is 62.6 Å². The molecule has 0 bridgehead atoms. The third-order valence-corrected chi connectivity index (χ3v) is 3.94. The van der Waals surface area contributed by atoms with E-state index < -0.39 is 0 Å². The maximum Gasteiger partial charge on any atom is 0.236 e. The number of amides is 1. The number of nitrogens with zero attached hydrogens (tertiary/aromatic N) is 2. The number of carbonyl (C=O) groups is 1. The molecular formula is C15H22ClN3O2. The number of hydrogen-bond donors (Lipinski definition) is 1. The third kappa shape index (κ3) is 4.59. The maximum atomic E-state index is 12.2. The van der Waals surface area contributed by atoms with E-state index in [-0.39, 0.29) is 5.91 Å². The van der Waals surface area contributed by atoms with E-state index in [0.717, 1.165) is 37.5 Å². The van der Waals surface area contributed by atoms with Gasteiger partial charge in [-0.05, 0) is 30.8 Å². The minimum atomic E-state index is 0.165. The molecule has 0 atom stereocenters. The van der Waals surface area contributed by atoms with Gasteiger partial charge in [0.2, 0.25) is 5.91 Å². The fraction of sp³-hybridized carbons (Fsp3) is 0.533. The summed E-state index contributed by atoms with van der Waals surface area (Å²) in [5.74, 6) is 0.939.